The third kappa shape index (κ3) is 3.54. The van der Waals surface area contributed by atoms with Gasteiger partial charge in [0.2, 0.25) is 5.69 Å². The van der Waals surface area contributed by atoms with Gasteiger partial charge in [-0.25, -0.2) is 4.99 Å². The van der Waals surface area contributed by atoms with Crippen LogP contribution in [0.25, 0.3) is 0 Å². The first-order valence-corrected chi connectivity index (χ1v) is 9.25. The van der Waals surface area contributed by atoms with Crippen molar-refractivity contribution in [3.63, 3.8) is 0 Å². The Balaban J connectivity index is 1.62. The molecule has 0 radical (unpaired) electrons. The summed E-state index contributed by atoms with van der Waals surface area (Å²) >= 11 is 6.81. The van der Waals surface area contributed by atoms with Crippen molar-refractivity contribution in [3.05, 3.63) is 83.0 Å². The molecule has 2 nitrogen and oxygen atoms in total. The number of benzene rings is 2. The van der Waals surface area contributed by atoms with Crippen molar-refractivity contribution < 1.29 is 4.99 Å². The number of rotatable bonds is 4. The predicted octanol–water partition coefficient (Wildman–Crippen LogP) is 4.39. The maximum atomic E-state index is 6.81. The molecule has 0 spiro atoms. The second-order valence-electron chi connectivity index (χ2n) is 6.74. The third-order valence-electron chi connectivity index (χ3n) is 5.16. The van der Waals surface area contributed by atoms with Crippen LogP contribution in [0.4, 0.5) is 11.4 Å². The Morgan fingerprint density at radius 3 is 2.36 bits per heavy atom. The Morgan fingerprint density at radius 1 is 0.920 bits per heavy atom. The number of fused-ring (bicyclic) bond motifs is 2. The van der Waals surface area contributed by atoms with Gasteiger partial charge in [-0.05, 0) is 48.8 Å². The normalized spacial score (nSPS) is 24.3. The molecule has 126 valence electrons. The second-order valence-corrected chi connectivity index (χ2v) is 7.12. The van der Waals surface area contributed by atoms with Crippen LogP contribution in [0, 0.1) is 11.8 Å². The highest BCUT2D eigenvalue weighted by atomic mass is 35.5. The number of hydrogen-bond donors (Lipinski definition) is 2. The molecule has 2 aliphatic carbocycles. The largest absolute Gasteiger partial charge is 0.361 e. The molecule has 2 unspecified atom stereocenters. The summed E-state index contributed by atoms with van der Waals surface area (Å²) in [5, 5.41) is 4.31. The van der Waals surface area contributed by atoms with Crippen LogP contribution in [0.3, 0.4) is 0 Å². The van der Waals surface area contributed by atoms with Crippen LogP contribution in [0.2, 0.25) is 0 Å². The van der Waals surface area contributed by atoms with E-state index in [2.05, 4.69) is 47.0 Å². The van der Waals surface area contributed by atoms with Gasteiger partial charge < -0.3 is 5.32 Å². The molecule has 0 aromatic heterocycles. The number of nitrogens with one attached hydrogen (secondary N) is 2. The van der Waals surface area contributed by atoms with Gasteiger partial charge in [0.15, 0.2) is 6.21 Å². The summed E-state index contributed by atoms with van der Waals surface area (Å²) in [6.07, 6.45) is 7.82. The molecule has 2 N–H and O–H groups in total. The lowest BCUT2D eigenvalue weighted by molar-refractivity contribution is -0.347. The van der Waals surface area contributed by atoms with E-state index in [1.807, 2.05) is 36.4 Å². The molecule has 2 bridgehead atoms. The van der Waals surface area contributed by atoms with Gasteiger partial charge >= 0.3 is 0 Å². The lowest BCUT2D eigenvalue weighted by atomic mass is 9.85. The minimum absolute atomic E-state index is 0.572. The molecule has 2 aromatic rings. The summed E-state index contributed by atoms with van der Waals surface area (Å²) < 4.78 is 0. The maximum Gasteiger partial charge on any atom is 0.203 e. The molecule has 2 atom stereocenters. The fourth-order valence-corrected chi connectivity index (χ4v) is 4.24. The van der Waals surface area contributed by atoms with E-state index in [1.165, 1.54) is 30.4 Å². The first-order valence-electron chi connectivity index (χ1n) is 8.88. The molecule has 0 saturated heterocycles. The number of halogens is 1. The van der Waals surface area contributed by atoms with E-state index in [0.29, 0.717) is 11.8 Å². The Morgan fingerprint density at radius 2 is 1.60 bits per heavy atom. The summed E-state index contributed by atoms with van der Waals surface area (Å²) in [5.74, 6) is 1.14. The smallest absolute Gasteiger partial charge is 0.203 e. The van der Waals surface area contributed by atoms with Crippen LogP contribution < -0.4 is 10.3 Å². The molecule has 0 heterocycles. The fourth-order valence-electron chi connectivity index (χ4n) is 3.82. The van der Waals surface area contributed by atoms with Crippen LogP contribution >= 0.6 is 11.6 Å². The van der Waals surface area contributed by atoms with Gasteiger partial charge in [-0.3, -0.25) is 0 Å². The van der Waals surface area contributed by atoms with Crippen LogP contribution in [-0.2, 0) is 0 Å². The Labute approximate surface area is 153 Å². The van der Waals surface area contributed by atoms with E-state index in [-0.39, 0.29) is 0 Å². The van der Waals surface area contributed by atoms with Gasteiger partial charge in [-0.15, -0.1) is 0 Å². The van der Waals surface area contributed by atoms with Crippen molar-refractivity contribution in [2.45, 2.75) is 19.3 Å². The number of anilines is 1. The Kier molecular flexibility index (Phi) is 4.71. The molecule has 1 fully saturated rings. The highest BCUT2D eigenvalue weighted by Gasteiger charge is 2.37. The minimum atomic E-state index is 0.572. The highest BCUT2D eigenvalue weighted by Crippen LogP contribution is 2.48. The summed E-state index contributed by atoms with van der Waals surface area (Å²) in [6, 6.07) is 20.5. The quantitative estimate of drug-likeness (QED) is 0.787. The second kappa shape index (κ2) is 7.28. The summed E-state index contributed by atoms with van der Waals surface area (Å²) in [6.45, 7) is 0. The van der Waals surface area contributed by atoms with Gasteiger partial charge in [-0.2, -0.15) is 0 Å². The molecule has 0 aliphatic heterocycles. The molecule has 4 rings (SSSR count). The molecule has 2 aliphatic rings. The molecule has 2 aromatic carbocycles. The molecular weight excluding hydrogens is 328 g/mol. The summed E-state index contributed by atoms with van der Waals surface area (Å²) in [4.78, 5) is 3.41. The lowest BCUT2D eigenvalue weighted by Crippen LogP contribution is -2.62. The van der Waals surface area contributed by atoms with E-state index >= 15 is 0 Å². The average molecular weight is 350 g/mol. The van der Waals surface area contributed by atoms with E-state index in [9.17, 15) is 0 Å². The van der Waals surface area contributed by atoms with E-state index in [1.54, 1.807) is 0 Å². The SMILES string of the molecule is ClC1=C(C=[NH+]c2ccccc2)C2CCC(C2)/C1=C\Nc1ccccc1. The van der Waals surface area contributed by atoms with Gasteiger partial charge in [0.1, 0.15) is 0 Å². The highest BCUT2D eigenvalue weighted by molar-refractivity contribution is 6.33. The monoisotopic (exact) mass is 349 g/mol. The van der Waals surface area contributed by atoms with E-state index < -0.39 is 0 Å². The van der Waals surface area contributed by atoms with Crippen LogP contribution in [-0.4, -0.2) is 6.21 Å². The van der Waals surface area contributed by atoms with Gasteiger partial charge in [0, 0.05) is 29.6 Å². The Bertz CT molecular complexity index is 822. The zero-order valence-corrected chi connectivity index (χ0v) is 14.8. The predicted molar refractivity (Wildman–Crippen MR) is 105 cm³/mol. The molecule has 1 saturated carbocycles. The van der Waals surface area contributed by atoms with Crippen LogP contribution in [0.15, 0.2) is 83.0 Å². The van der Waals surface area contributed by atoms with Crippen molar-refractivity contribution in [1.29, 1.82) is 0 Å². The Hall–Kier alpha value is -2.32. The molecule has 3 heteroatoms. The first-order chi connectivity index (χ1) is 12.3. The lowest BCUT2D eigenvalue weighted by Gasteiger charge is -2.23. The number of allylic oxidation sites excluding steroid dienone is 3. The third-order valence-corrected chi connectivity index (χ3v) is 5.59. The van der Waals surface area contributed by atoms with Crippen molar-refractivity contribution in [3.8, 4) is 0 Å². The zero-order chi connectivity index (χ0) is 17.1. The number of hydrogen-bond acceptors (Lipinski definition) is 1. The van der Waals surface area contributed by atoms with Gasteiger partial charge in [-0.1, -0.05) is 48.0 Å². The van der Waals surface area contributed by atoms with E-state index in [4.69, 9.17) is 11.6 Å². The fraction of sp³-hybridized carbons (Fsp3) is 0.227. The average Bonchev–Trinajstić information content (AvgIpc) is 3.09. The number of para-hydroxylation sites is 2. The summed E-state index contributed by atoms with van der Waals surface area (Å²) in [7, 11) is 0. The minimum Gasteiger partial charge on any atom is -0.361 e. The topological polar surface area (TPSA) is 26.0 Å². The van der Waals surface area contributed by atoms with Crippen molar-refractivity contribution in [1.82, 2.24) is 0 Å². The van der Waals surface area contributed by atoms with Gasteiger partial charge in [0.25, 0.3) is 0 Å². The zero-order valence-electron chi connectivity index (χ0n) is 14.1. The van der Waals surface area contributed by atoms with Crippen LogP contribution in [0.1, 0.15) is 19.3 Å². The van der Waals surface area contributed by atoms with Crippen molar-refractivity contribution >= 4 is 29.2 Å². The molecule has 0 amide bonds. The van der Waals surface area contributed by atoms with Crippen LogP contribution in [0.5, 0.6) is 0 Å². The standard InChI is InChI=1S/C22H21ClN2/c23-22-20(14-24-18-7-3-1-4-8-18)16-11-12-17(13-16)21(22)15-25-19-9-5-2-6-10-19/h1-10,14-17,24H,11-13H2/p+1/b20-14+,25-15?. The summed E-state index contributed by atoms with van der Waals surface area (Å²) in [5.41, 5.74) is 4.65. The van der Waals surface area contributed by atoms with Gasteiger partial charge in [0.05, 0.1) is 5.03 Å². The molecular formula is C22H22ClN2+. The van der Waals surface area contributed by atoms with Crippen molar-refractivity contribution in [2.75, 3.05) is 5.32 Å². The van der Waals surface area contributed by atoms with Crippen molar-refractivity contribution in [2.24, 2.45) is 11.8 Å². The van der Waals surface area contributed by atoms with E-state index in [0.717, 1.165) is 16.4 Å². The molecule has 25 heavy (non-hydrogen) atoms. The first kappa shape index (κ1) is 16.2. The maximum absolute atomic E-state index is 6.81.